The Morgan fingerprint density at radius 3 is 2.30 bits per heavy atom. The number of aliphatic carboxylic acids is 1. The standard InChI is InChI=1S/C15H19NO4/c1-9(2)7-16-15(19)12-5-10(3)14(11(4)6-12)20-8-13(17)18/h5-6H,1,7-8H2,2-4H3,(H,16,19)(H,17,18). The van der Waals surface area contributed by atoms with Crippen molar-refractivity contribution in [3.8, 4) is 5.75 Å². The van der Waals surface area contributed by atoms with Crippen molar-refractivity contribution in [3.05, 3.63) is 41.0 Å². The molecule has 0 aliphatic heterocycles. The molecule has 5 heteroatoms. The molecule has 1 aromatic rings. The van der Waals surface area contributed by atoms with Crippen LogP contribution in [0.3, 0.4) is 0 Å². The van der Waals surface area contributed by atoms with E-state index in [9.17, 15) is 9.59 Å². The van der Waals surface area contributed by atoms with Crippen LogP contribution >= 0.6 is 0 Å². The molecule has 0 radical (unpaired) electrons. The van der Waals surface area contributed by atoms with Gasteiger partial charge in [0.15, 0.2) is 6.61 Å². The number of carboxylic acid groups (broad SMARTS) is 1. The molecule has 1 amide bonds. The average molecular weight is 277 g/mol. The van der Waals surface area contributed by atoms with Gasteiger partial charge >= 0.3 is 5.97 Å². The van der Waals surface area contributed by atoms with Gasteiger partial charge in [0.1, 0.15) is 5.75 Å². The maximum atomic E-state index is 11.9. The van der Waals surface area contributed by atoms with E-state index < -0.39 is 12.6 Å². The van der Waals surface area contributed by atoms with Crippen LogP contribution in [-0.2, 0) is 4.79 Å². The third-order valence-electron chi connectivity index (χ3n) is 2.61. The molecule has 20 heavy (non-hydrogen) atoms. The third kappa shape index (κ3) is 4.42. The fourth-order valence-electron chi connectivity index (χ4n) is 1.78. The zero-order valence-corrected chi connectivity index (χ0v) is 11.9. The molecule has 1 aromatic carbocycles. The fraction of sp³-hybridized carbons (Fsp3) is 0.333. The smallest absolute Gasteiger partial charge is 0.341 e. The molecule has 0 unspecified atom stereocenters. The van der Waals surface area contributed by atoms with Crippen LogP contribution < -0.4 is 10.1 Å². The molecular formula is C15H19NO4. The molecule has 0 spiro atoms. The molecule has 5 nitrogen and oxygen atoms in total. The summed E-state index contributed by atoms with van der Waals surface area (Å²) in [7, 11) is 0. The van der Waals surface area contributed by atoms with Crippen LogP contribution in [0.5, 0.6) is 5.75 Å². The zero-order chi connectivity index (χ0) is 15.3. The number of rotatable bonds is 6. The number of benzene rings is 1. The van der Waals surface area contributed by atoms with Crippen molar-refractivity contribution in [1.29, 1.82) is 0 Å². The number of aryl methyl sites for hydroxylation is 2. The summed E-state index contributed by atoms with van der Waals surface area (Å²) < 4.78 is 5.22. The minimum atomic E-state index is -1.04. The Morgan fingerprint density at radius 1 is 1.30 bits per heavy atom. The van der Waals surface area contributed by atoms with Crippen LogP contribution in [0.25, 0.3) is 0 Å². The van der Waals surface area contributed by atoms with Crippen molar-refractivity contribution >= 4 is 11.9 Å². The van der Waals surface area contributed by atoms with Gasteiger partial charge in [-0.3, -0.25) is 4.79 Å². The molecule has 0 bridgehead atoms. The lowest BCUT2D eigenvalue weighted by Crippen LogP contribution is -2.25. The largest absolute Gasteiger partial charge is 0.481 e. The Kier molecular flexibility index (Phi) is 5.32. The Bertz CT molecular complexity index is 526. The average Bonchev–Trinajstić information content (AvgIpc) is 2.34. The van der Waals surface area contributed by atoms with Crippen LogP contribution in [0, 0.1) is 13.8 Å². The fourth-order valence-corrected chi connectivity index (χ4v) is 1.78. The summed E-state index contributed by atoms with van der Waals surface area (Å²) in [6.45, 7) is 9.13. The summed E-state index contributed by atoms with van der Waals surface area (Å²) in [6.07, 6.45) is 0. The second-order valence-corrected chi connectivity index (χ2v) is 4.76. The SMILES string of the molecule is C=C(C)CNC(=O)c1cc(C)c(OCC(=O)O)c(C)c1. The van der Waals surface area contributed by atoms with Gasteiger partial charge in [0.25, 0.3) is 5.91 Å². The topological polar surface area (TPSA) is 75.6 Å². The normalized spacial score (nSPS) is 9.95. The number of hydrogen-bond acceptors (Lipinski definition) is 3. The van der Waals surface area contributed by atoms with Crippen molar-refractivity contribution in [2.75, 3.05) is 13.2 Å². The number of carbonyl (C=O) groups is 2. The van der Waals surface area contributed by atoms with E-state index in [0.29, 0.717) is 17.9 Å². The van der Waals surface area contributed by atoms with Gasteiger partial charge in [-0.2, -0.15) is 0 Å². The molecule has 0 saturated heterocycles. The molecule has 108 valence electrons. The summed E-state index contributed by atoms with van der Waals surface area (Å²) in [5.74, 6) is -0.722. The van der Waals surface area contributed by atoms with E-state index in [4.69, 9.17) is 9.84 Å². The van der Waals surface area contributed by atoms with Crippen LogP contribution in [0.1, 0.15) is 28.4 Å². The first kappa shape index (κ1) is 15.8. The quantitative estimate of drug-likeness (QED) is 0.780. The van der Waals surface area contributed by atoms with E-state index in [-0.39, 0.29) is 5.91 Å². The third-order valence-corrected chi connectivity index (χ3v) is 2.61. The summed E-state index contributed by atoms with van der Waals surface area (Å²) in [5.41, 5.74) is 2.84. The highest BCUT2D eigenvalue weighted by Crippen LogP contribution is 2.24. The van der Waals surface area contributed by atoms with Crippen molar-refractivity contribution in [3.63, 3.8) is 0 Å². The molecule has 0 aromatic heterocycles. The minimum Gasteiger partial charge on any atom is -0.481 e. The molecule has 0 fully saturated rings. The van der Waals surface area contributed by atoms with Crippen molar-refractivity contribution in [1.82, 2.24) is 5.32 Å². The predicted molar refractivity (Wildman–Crippen MR) is 76.2 cm³/mol. The molecule has 0 saturated carbocycles. The first-order chi connectivity index (χ1) is 9.31. The number of hydrogen-bond donors (Lipinski definition) is 2. The first-order valence-electron chi connectivity index (χ1n) is 6.19. The van der Waals surface area contributed by atoms with Crippen molar-refractivity contribution < 1.29 is 19.4 Å². The van der Waals surface area contributed by atoms with Gasteiger partial charge in [0.2, 0.25) is 0 Å². The lowest BCUT2D eigenvalue weighted by atomic mass is 10.0. The van der Waals surface area contributed by atoms with Crippen molar-refractivity contribution in [2.24, 2.45) is 0 Å². The van der Waals surface area contributed by atoms with E-state index in [1.54, 1.807) is 26.0 Å². The lowest BCUT2D eigenvalue weighted by Gasteiger charge is -2.13. The lowest BCUT2D eigenvalue weighted by molar-refractivity contribution is -0.139. The van der Waals surface area contributed by atoms with Gasteiger partial charge < -0.3 is 15.2 Å². The summed E-state index contributed by atoms with van der Waals surface area (Å²) >= 11 is 0. The molecule has 0 heterocycles. The van der Waals surface area contributed by atoms with Crippen LogP contribution in [0.4, 0.5) is 0 Å². The molecule has 1 rings (SSSR count). The predicted octanol–water partition coefficient (Wildman–Crippen LogP) is 2.07. The van der Waals surface area contributed by atoms with Gasteiger partial charge in [-0.15, -0.1) is 0 Å². The number of amides is 1. The monoisotopic (exact) mass is 277 g/mol. The molecule has 0 aliphatic rings. The molecule has 0 aliphatic carbocycles. The maximum Gasteiger partial charge on any atom is 0.341 e. The number of nitrogens with one attached hydrogen (secondary N) is 1. The van der Waals surface area contributed by atoms with Gasteiger partial charge in [-0.1, -0.05) is 12.2 Å². The van der Waals surface area contributed by atoms with Crippen LogP contribution in [-0.4, -0.2) is 30.1 Å². The van der Waals surface area contributed by atoms with Crippen LogP contribution in [0.15, 0.2) is 24.3 Å². The van der Waals surface area contributed by atoms with Gasteiger partial charge in [0.05, 0.1) is 0 Å². The Hall–Kier alpha value is -2.30. The Balaban J connectivity index is 2.89. The second-order valence-electron chi connectivity index (χ2n) is 4.76. The summed E-state index contributed by atoms with van der Waals surface area (Å²) in [5, 5.41) is 11.4. The molecular weight excluding hydrogens is 258 g/mol. The van der Waals surface area contributed by atoms with E-state index in [1.165, 1.54) is 0 Å². The number of carbonyl (C=O) groups excluding carboxylic acids is 1. The second kappa shape index (κ2) is 6.75. The summed E-state index contributed by atoms with van der Waals surface area (Å²) in [4.78, 5) is 22.5. The van der Waals surface area contributed by atoms with Gasteiger partial charge in [-0.05, 0) is 44.0 Å². The van der Waals surface area contributed by atoms with E-state index in [2.05, 4.69) is 11.9 Å². The van der Waals surface area contributed by atoms with Gasteiger partial charge in [0, 0.05) is 12.1 Å². The number of carboxylic acids is 1. The Labute approximate surface area is 118 Å². The highest BCUT2D eigenvalue weighted by Gasteiger charge is 2.12. The highest BCUT2D eigenvalue weighted by atomic mass is 16.5. The van der Waals surface area contributed by atoms with E-state index >= 15 is 0 Å². The van der Waals surface area contributed by atoms with Gasteiger partial charge in [-0.25, -0.2) is 4.79 Å². The maximum absolute atomic E-state index is 11.9. The minimum absolute atomic E-state index is 0.191. The Morgan fingerprint density at radius 2 is 1.85 bits per heavy atom. The summed E-state index contributed by atoms with van der Waals surface area (Å²) in [6, 6.07) is 3.36. The zero-order valence-electron chi connectivity index (χ0n) is 11.9. The highest BCUT2D eigenvalue weighted by molar-refractivity contribution is 5.95. The van der Waals surface area contributed by atoms with E-state index in [0.717, 1.165) is 16.7 Å². The van der Waals surface area contributed by atoms with Crippen LogP contribution in [0.2, 0.25) is 0 Å². The first-order valence-corrected chi connectivity index (χ1v) is 6.19. The molecule has 0 atom stereocenters. The van der Waals surface area contributed by atoms with E-state index in [1.807, 2.05) is 6.92 Å². The number of ether oxygens (including phenoxy) is 1. The van der Waals surface area contributed by atoms with Crippen molar-refractivity contribution in [2.45, 2.75) is 20.8 Å². The molecule has 2 N–H and O–H groups in total.